The number of hydrogen-bond acceptors (Lipinski definition) is 5. The molecule has 88 valence electrons. The molecule has 1 atom stereocenters. The number of carbonyl (C=O) groups excluding carboxylic acids is 1. The number of aromatic nitrogens is 1. The summed E-state index contributed by atoms with van der Waals surface area (Å²) in [5, 5.41) is 3.18. The van der Waals surface area contributed by atoms with E-state index in [4.69, 9.17) is 4.74 Å². The summed E-state index contributed by atoms with van der Waals surface area (Å²) in [4.78, 5) is 18.0. The summed E-state index contributed by atoms with van der Waals surface area (Å²) in [5.41, 5.74) is 1.10. The standard InChI is InChI=1S/C11H16N2O2S/c1-8-12-10(7-16-8)6-13-4-3-9(5-13)11(14)15-2/h7,9H,3-6H2,1-2H3. The van der Waals surface area contributed by atoms with Gasteiger partial charge in [0.1, 0.15) is 0 Å². The number of methoxy groups -OCH3 is 1. The van der Waals surface area contributed by atoms with Crippen LogP contribution in [0.3, 0.4) is 0 Å². The van der Waals surface area contributed by atoms with Gasteiger partial charge < -0.3 is 4.74 Å². The van der Waals surface area contributed by atoms with Gasteiger partial charge in [-0.15, -0.1) is 11.3 Å². The third-order valence-corrected chi connectivity index (χ3v) is 3.68. The van der Waals surface area contributed by atoms with Crippen LogP contribution < -0.4 is 0 Å². The largest absolute Gasteiger partial charge is 0.469 e. The summed E-state index contributed by atoms with van der Waals surface area (Å²) in [6.07, 6.45) is 0.899. The molecule has 0 saturated carbocycles. The van der Waals surface area contributed by atoms with E-state index in [9.17, 15) is 4.79 Å². The van der Waals surface area contributed by atoms with Crippen molar-refractivity contribution in [2.45, 2.75) is 19.9 Å². The second-order valence-corrected chi connectivity index (χ2v) is 5.16. The SMILES string of the molecule is COC(=O)C1CCN(Cc2csc(C)n2)C1. The minimum Gasteiger partial charge on any atom is -0.469 e. The Balaban J connectivity index is 1.87. The van der Waals surface area contributed by atoms with Crippen molar-refractivity contribution < 1.29 is 9.53 Å². The van der Waals surface area contributed by atoms with Gasteiger partial charge >= 0.3 is 5.97 Å². The molecule has 16 heavy (non-hydrogen) atoms. The maximum atomic E-state index is 11.4. The fourth-order valence-electron chi connectivity index (χ4n) is 2.05. The highest BCUT2D eigenvalue weighted by Gasteiger charge is 2.29. The quantitative estimate of drug-likeness (QED) is 0.750. The third kappa shape index (κ3) is 2.59. The van der Waals surface area contributed by atoms with Gasteiger partial charge in [-0.2, -0.15) is 0 Å². The van der Waals surface area contributed by atoms with E-state index in [-0.39, 0.29) is 11.9 Å². The monoisotopic (exact) mass is 240 g/mol. The molecule has 2 rings (SSSR count). The number of thiazole rings is 1. The van der Waals surface area contributed by atoms with E-state index >= 15 is 0 Å². The Kier molecular flexibility index (Phi) is 3.56. The number of nitrogens with zero attached hydrogens (tertiary/aromatic N) is 2. The summed E-state index contributed by atoms with van der Waals surface area (Å²) in [6, 6.07) is 0. The molecule has 0 spiro atoms. The lowest BCUT2D eigenvalue weighted by Gasteiger charge is -2.13. The van der Waals surface area contributed by atoms with Gasteiger partial charge in [0.2, 0.25) is 0 Å². The van der Waals surface area contributed by atoms with Gasteiger partial charge in [0.25, 0.3) is 0 Å². The molecule has 1 fully saturated rings. The molecule has 0 aromatic carbocycles. The lowest BCUT2D eigenvalue weighted by atomic mass is 10.1. The Labute approximate surface area is 99.2 Å². The van der Waals surface area contributed by atoms with Crippen LogP contribution in [0.1, 0.15) is 17.1 Å². The molecule has 1 aliphatic rings. The van der Waals surface area contributed by atoms with Crippen molar-refractivity contribution in [2.24, 2.45) is 5.92 Å². The molecular formula is C11H16N2O2S. The van der Waals surface area contributed by atoms with Crippen LogP contribution in [-0.4, -0.2) is 36.1 Å². The van der Waals surface area contributed by atoms with E-state index in [1.807, 2.05) is 6.92 Å². The van der Waals surface area contributed by atoms with E-state index in [1.54, 1.807) is 11.3 Å². The molecule has 0 bridgehead atoms. The van der Waals surface area contributed by atoms with Crippen LogP contribution in [0, 0.1) is 12.8 Å². The second kappa shape index (κ2) is 4.93. The molecule has 1 saturated heterocycles. The summed E-state index contributed by atoms with van der Waals surface area (Å²) < 4.78 is 4.76. The minimum absolute atomic E-state index is 0.0460. The van der Waals surface area contributed by atoms with Gasteiger partial charge in [-0.3, -0.25) is 9.69 Å². The lowest BCUT2D eigenvalue weighted by molar-refractivity contribution is -0.144. The zero-order valence-electron chi connectivity index (χ0n) is 9.60. The highest BCUT2D eigenvalue weighted by molar-refractivity contribution is 7.09. The Hall–Kier alpha value is -0.940. The van der Waals surface area contributed by atoms with Crippen molar-refractivity contribution in [3.8, 4) is 0 Å². The maximum Gasteiger partial charge on any atom is 0.310 e. The van der Waals surface area contributed by atoms with Crippen LogP contribution >= 0.6 is 11.3 Å². The van der Waals surface area contributed by atoms with Crippen molar-refractivity contribution in [1.82, 2.24) is 9.88 Å². The fraction of sp³-hybridized carbons (Fsp3) is 0.636. The van der Waals surface area contributed by atoms with Crippen LogP contribution in [0.5, 0.6) is 0 Å². The second-order valence-electron chi connectivity index (χ2n) is 4.10. The van der Waals surface area contributed by atoms with Gasteiger partial charge in [-0.1, -0.05) is 0 Å². The lowest BCUT2D eigenvalue weighted by Crippen LogP contribution is -2.23. The molecule has 1 aliphatic heterocycles. The average molecular weight is 240 g/mol. The molecule has 5 heteroatoms. The van der Waals surface area contributed by atoms with E-state index < -0.39 is 0 Å². The predicted molar refractivity (Wildman–Crippen MR) is 62.3 cm³/mol. The van der Waals surface area contributed by atoms with Crippen molar-refractivity contribution in [3.63, 3.8) is 0 Å². The minimum atomic E-state index is -0.0861. The van der Waals surface area contributed by atoms with Crippen molar-refractivity contribution in [3.05, 3.63) is 16.1 Å². The number of ether oxygens (including phenoxy) is 1. The maximum absolute atomic E-state index is 11.4. The third-order valence-electron chi connectivity index (χ3n) is 2.86. The molecule has 0 aliphatic carbocycles. The van der Waals surface area contributed by atoms with Gasteiger partial charge in [0.05, 0.1) is 23.7 Å². The molecule has 2 heterocycles. The first kappa shape index (κ1) is 11.5. The first-order valence-corrected chi connectivity index (χ1v) is 6.28. The van der Waals surface area contributed by atoms with E-state index in [1.165, 1.54) is 7.11 Å². The van der Waals surface area contributed by atoms with E-state index in [0.717, 1.165) is 36.8 Å². The normalized spacial score (nSPS) is 21.2. The zero-order valence-corrected chi connectivity index (χ0v) is 10.4. The highest BCUT2D eigenvalue weighted by atomic mass is 32.1. The smallest absolute Gasteiger partial charge is 0.310 e. The van der Waals surface area contributed by atoms with Crippen LogP contribution in [-0.2, 0) is 16.1 Å². The summed E-state index contributed by atoms with van der Waals surface area (Å²) >= 11 is 1.67. The molecule has 1 aromatic heterocycles. The summed E-state index contributed by atoms with van der Waals surface area (Å²) in [7, 11) is 1.45. The summed E-state index contributed by atoms with van der Waals surface area (Å²) in [6.45, 7) is 4.60. The molecule has 4 nitrogen and oxygen atoms in total. The van der Waals surface area contributed by atoms with Gasteiger partial charge in [-0.25, -0.2) is 4.98 Å². The highest BCUT2D eigenvalue weighted by Crippen LogP contribution is 2.20. The van der Waals surface area contributed by atoms with Crippen molar-refractivity contribution in [2.75, 3.05) is 20.2 Å². The Morgan fingerprint density at radius 3 is 3.19 bits per heavy atom. The van der Waals surface area contributed by atoms with Crippen LogP contribution in [0.4, 0.5) is 0 Å². The van der Waals surface area contributed by atoms with Gasteiger partial charge in [-0.05, 0) is 19.9 Å². The van der Waals surface area contributed by atoms with Gasteiger partial charge in [0, 0.05) is 18.5 Å². The van der Waals surface area contributed by atoms with E-state index in [2.05, 4.69) is 15.3 Å². The molecule has 1 aromatic rings. The van der Waals surface area contributed by atoms with Gasteiger partial charge in [0.15, 0.2) is 0 Å². The molecule has 0 radical (unpaired) electrons. The van der Waals surface area contributed by atoms with Crippen LogP contribution in [0.2, 0.25) is 0 Å². The first-order valence-electron chi connectivity index (χ1n) is 5.40. The first-order chi connectivity index (χ1) is 7.69. The Morgan fingerprint density at radius 1 is 1.75 bits per heavy atom. The zero-order chi connectivity index (χ0) is 11.5. The Morgan fingerprint density at radius 2 is 2.56 bits per heavy atom. The number of esters is 1. The predicted octanol–water partition coefficient (Wildman–Crippen LogP) is 1.45. The van der Waals surface area contributed by atoms with E-state index in [0.29, 0.717) is 0 Å². The molecular weight excluding hydrogens is 224 g/mol. The molecule has 1 unspecified atom stereocenters. The number of likely N-dealkylation sites (tertiary alicyclic amines) is 1. The molecule has 0 amide bonds. The number of carbonyl (C=O) groups is 1. The van der Waals surface area contributed by atoms with Crippen LogP contribution in [0.25, 0.3) is 0 Å². The topological polar surface area (TPSA) is 42.4 Å². The number of rotatable bonds is 3. The fourth-order valence-corrected chi connectivity index (χ4v) is 2.65. The summed E-state index contributed by atoms with van der Waals surface area (Å²) in [5.74, 6) is -0.0401. The van der Waals surface area contributed by atoms with Crippen molar-refractivity contribution in [1.29, 1.82) is 0 Å². The molecule has 0 N–H and O–H groups in total. The van der Waals surface area contributed by atoms with Crippen LogP contribution in [0.15, 0.2) is 5.38 Å². The number of aryl methyl sites for hydroxylation is 1. The van der Waals surface area contributed by atoms with Crippen molar-refractivity contribution >= 4 is 17.3 Å². The average Bonchev–Trinajstić information content (AvgIpc) is 2.87. The number of hydrogen-bond donors (Lipinski definition) is 0. The Bertz CT molecular complexity index is 378.